The summed E-state index contributed by atoms with van der Waals surface area (Å²) >= 11 is 5.27. The molecule has 17 heavy (non-hydrogen) atoms. The topological polar surface area (TPSA) is 24.4 Å². The molecule has 1 aliphatic rings. The molecule has 1 aromatic carbocycles. The molecule has 2 nitrogen and oxygen atoms in total. The molecule has 1 fully saturated rings. The van der Waals surface area contributed by atoms with Crippen LogP contribution in [0.25, 0.3) is 0 Å². The molecule has 1 saturated heterocycles. The van der Waals surface area contributed by atoms with Crippen molar-refractivity contribution in [3.63, 3.8) is 0 Å². The molecule has 0 aliphatic carbocycles. The molecule has 0 amide bonds. The Morgan fingerprint density at radius 1 is 1.41 bits per heavy atom. The van der Waals surface area contributed by atoms with Crippen molar-refractivity contribution in [1.82, 2.24) is 5.32 Å². The minimum atomic E-state index is 0.573. The molecule has 1 N–H and O–H groups in total. The van der Waals surface area contributed by atoms with Gasteiger partial charge in [0.15, 0.2) is 5.17 Å². The maximum atomic E-state index is 4.61. The number of nitrogens with one attached hydrogen (secondary N) is 1. The summed E-state index contributed by atoms with van der Waals surface area (Å²) in [5, 5.41) is 4.57. The fraction of sp³-hybridized carbons (Fsp3) is 0.462. The minimum absolute atomic E-state index is 0.573. The number of benzene rings is 1. The van der Waals surface area contributed by atoms with E-state index in [1.807, 2.05) is 11.8 Å². The van der Waals surface area contributed by atoms with E-state index in [4.69, 9.17) is 0 Å². The van der Waals surface area contributed by atoms with Crippen molar-refractivity contribution in [3.05, 3.63) is 34.3 Å². The summed E-state index contributed by atoms with van der Waals surface area (Å²) in [6, 6.07) is 8.90. The average Bonchev–Trinajstić information content (AvgIpc) is 2.77. The summed E-state index contributed by atoms with van der Waals surface area (Å²) in [6.07, 6.45) is 0. The van der Waals surface area contributed by atoms with Gasteiger partial charge in [0.1, 0.15) is 0 Å². The lowest BCUT2D eigenvalue weighted by atomic mass is 10.1. The largest absolute Gasteiger partial charge is 0.361 e. The van der Waals surface area contributed by atoms with Gasteiger partial charge in [-0.3, -0.25) is 4.99 Å². The van der Waals surface area contributed by atoms with Gasteiger partial charge in [0, 0.05) is 16.3 Å². The second kappa shape index (κ2) is 5.91. The van der Waals surface area contributed by atoms with Crippen LogP contribution in [-0.2, 0) is 6.54 Å². The van der Waals surface area contributed by atoms with E-state index >= 15 is 0 Å². The molecular weight excluding hydrogens is 296 g/mol. The number of thioether (sulfide) groups is 1. The Hall–Kier alpha value is -0.480. The van der Waals surface area contributed by atoms with Gasteiger partial charge in [0.05, 0.1) is 6.54 Å². The van der Waals surface area contributed by atoms with Gasteiger partial charge in [-0.2, -0.15) is 0 Å². The van der Waals surface area contributed by atoms with E-state index in [1.54, 1.807) is 0 Å². The van der Waals surface area contributed by atoms with Crippen LogP contribution in [0.2, 0.25) is 0 Å². The van der Waals surface area contributed by atoms with E-state index in [1.165, 1.54) is 5.56 Å². The molecule has 0 aromatic heterocycles. The van der Waals surface area contributed by atoms with Crippen LogP contribution in [0.5, 0.6) is 0 Å². The maximum Gasteiger partial charge on any atom is 0.157 e. The summed E-state index contributed by atoms with van der Waals surface area (Å²) in [5.74, 6) is 1.81. The molecule has 0 spiro atoms. The predicted octanol–water partition coefficient (Wildman–Crippen LogP) is 3.67. The summed E-state index contributed by atoms with van der Waals surface area (Å²) in [6.45, 7) is 5.25. The van der Waals surface area contributed by atoms with Crippen LogP contribution in [0.1, 0.15) is 19.4 Å². The normalized spacial score (nSPS) is 22.1. The van der Waals surface area contributed by atoms with Gasteiger partial charge >= 0.3 is 0 Å². The quantitative estimate of drug-likeness (QED) is 0.921. The Balaban J connectivity index is 1.91. The molecule has 0 saturated carbocycles. The zero-order chi connectivity index (χ0) is 12.3. The van der Waals surface area contributed by atoms with E-state index in [0.717, 1.165) is 21.9 Å². The Morgan fingerprint density at radius 2 is 2.12 bits per heavy atom. The number of hydrogen-bond donors (Lipinski definition) is 1. The molecule has 0 unspecified atom stereocenters. The van der Waals surface area contributed by atoms with E-state index in [9.17, 15) is 0 Å². The van der Waals surface area contributed by atoms with Gasteiger partial charge in [-0.15, -0.1) is 0 Å². The highest BCUT2D eigenvalue weighted by atomic mass is 79.9. The van der Waals surface area contributed by atoms with Crippen LogP contribution in [0.15, 0.2) is 33.7 Å². The lowest BCUT2D eigenvalue weighted by molar-refractivity contribution is 0.503. The van der Waals surface area contributed by atoms with Crippen molar-refractivity contribution in [2.45, 2.75) is 26.4 Å². The average molecular weight is 313 g/mol. The van der Waals surface area contributed by atoms with E-state index in [-0.39, 0.29) is 0 Å². The molecule has 1 heterocycles. The summed E-state index contributed by atoms with van der Waals surface area (Å²) in [5.41, 5.74) is 1.25. The Morgan fingerprint density at radius 3 is 2.71 bits per heavy atom. The molecule has 1 atom stereocenters. The molecule has 0 radical (unpaired) electrons. The third kappa shape index (κ3) is 3.75. The van der Waals surface area contributed by atoms with Crippen molar-refractivity contribution >= 4 is 32.9 Å². The molecule has 92 valence electrons. The van der Waals surface area contributed by atoms with Gasteiger partial charge in [-0.25, -0.2) is 0 Å². The summed E-state index contributed by atoms with van der Waals surface area (Å²) < 4.78 is 1.11. The van der Waals surface area contributed by atoms with Crippen molar-refractivity contribution in [3.8, 4) is 0 Å². The fourth-order valence-electron chi connectivity index (χ4n) is 1.61. The van der Waals surface area contributed by atoms with Crippen LogP contribution in [0.4, 0.5) is 0 Å². The van der Waals surface area contributed by atoms with Crippen LogP contribution in [-0.4, -0.2) is 17.0 Å². The van der Waals surface area contributed by atoms with Crippen molar-refractivity contribution in [2.24, 2.45) is 10.9 Å². The highest BCUT2D eigenvalue weighted by molar-refractivity contribution is 9.10. The predicted molar refractivity (Wildman–Crippen MR) is 79.5 cm³/mol. The zero-order valence-corrected chi connectivity index (χ0v) is 12.5. The van der Waals surface area contributed by atoms with E-state index in [2.05, 4.69) is 64.4 Å². The Labute approximate surface area is 115 Å². The summed E-state index contributed by atoms with van der Waals surface area (Å²) in [4.78, 5) is 4.61. The van der Waals surface area contributed by atoms with Gasteiger partial charge in [0.2, 0.25) is 0 Å². The van der Waals surface area contributed by atoms with Crippen molar-refractivity contribution < 1.29 is 0 Å². The standard InChI is InChI=1S/C13H17BrN2S/c1-9(2)12-8-17-13(16-12)15-7-10-3-5-11(14)6-4-10/h3-6,9,12H,7-8H2,1-2H3,(H,15,16)/t12-/m1/s1. The highest BCUT2D eigenvalue weighted by Crippen LogP contribution is 2.19. The Kier molecular flexibility index (Phi) is 4.51. The van der Waals surface area contributed by atoms with Crippen LogP contribution in [0, 0.1) is 5.92 Å². The first-order chi connectivity index (χ1) is 8.15. The van der Waals surface area contributed by atoms with Gasteiger partial charge in [0.25, 0.3) is 0 Å². The fourth-order valence-corrected chi connectivity index (χ4v) is 3.07. The maximum absolute atomic E-state index is 4.61. The van der Waals surface area contributed by atoms with Crippen LogP contribution in [0.3, 0.4) is 0 Å². The number of hydrogen-bond acceptors (Lipinski definition) is 2. The number of nitrogens with zero attached hydrogens (tertiary/aromatic N) is 1. The monoisotopic (exact) mass is 312 g/mol. The first-order valence-corrected chi connectivity index (χ1v) is 7.61. The number of aliphatic imine (C=N–C) groups is 1. The molecular formula is C13H17BrN2S. The molecule has 4 heteroatoms. The lowest BCUT2D eigenvalue weighted by Gasteiger charge is -2.13. The third-order valence-corrected chi connectivity index (χ3v) is 4.41. The third-order valence-electron chi connectivity index (χ3n) is 2.83. The van der Waals surface area contributed by atoms with Gasteiger partial charge < -0.3 is 5.32 Å². The smallest absolute Gasteiger partial charge is 0.157 e. The summed E-state index contributed by atoms with van der Waals surface area (Å²) in [7, 11) is 0. The second-order valence-corrected chi connectivity index (χ2v) is 6.48. The molecule has 1 aromatic rings. The molecule has 1 aliphatic heterocycles. The number of rotatable bonds is 3. The van der Waals surface area contributed by atoms with Gasteiger partial charge in [-0.1, -0.05) is 53.7 Å². The zero-order valence-electron chi connectivity index (χ0n) is 10.1. The van der Waals surface area contributed by atoms with Crippen molar-refractivity contribution in [1.29, 1.82) is 0 Å². The van der Waals surface area contributed by atoms with Crippen LogP contribution >= 0.6 is 27.7 Å². The minimum Gasteiger partial charge on any atom is -0.361 e. The first kappa shape index (κ1) is 13.0. The second-order valence-electron chi connectivity index (χ2n) is 4.55. The van der Waals surface area contributed by atoms with E-state index < -0.39 is 0 Å². The molecule has 0 bridgehead atoms. The highest BCUT2D eigenvalue weighted by Gasteiger charge is 2.22. The van der Waals surface area contributed by atoms with Gasteiger partial charge in [-0.05, 0) is 23.6 Å². The SMILES string of the molecule is CC(C)[C@H]1CSC(=NCc2ccc(Br)cc2)N1. The first-order valence-electron chi connectivity index (χ1n) is 5.83. The van der Waals surface area contributed by atoms with Crippen LogP contribution < -0.4 is 5.32 Å². The number of amidine groups is 1. The lowest BCUT2D eigenvalue weighted by Crippen LogP contribution is -2.31. The van der Waals surface area contributed by atoms with Crippen molar-refractivity contribution in [2.75, 3.05) is 5.75 Å². The Bertz CT molecular complexity index is 400. The number of halogens is 1. The molecule has 2 rings (SSSR count). The van der Waals surface area contributed by atoms with E-state index in [0.29, 0.717) is 12.0 Å².